The summed E-state index contributed by atoms with van der Waals surface area (Å²) in [6, 6.07) is 0. The summed E-state index contributed by atoms with van der Waals surface area (Å²) in [4.78, 5) is 24.9. The van der Waals surface area contributed by atoms with Crippen LogP contribution in [0.5, 0.6) is 0 Å². The van der Waals surface area contributed by atoms with Crippen LogP contribution in [-0.4, -0.2) is 70.1 Å². The quantitative estimate of drug-likeness (QED) is 0.615. The van der Waals surface area contributed by atoms with E-state index in [9.17, 15) is 19.8 Å². The molecule has 0 aromatic rings. The van der Waals surface area contributed by atoms with Crippen molar-refractivity contribution in [3.8, 4) is 0 Å². The van der Waals surface area contributed by atoms with Crippen LogP contribution in [0, 0.1) is 11.8 Å². The first-order valence-corrected chi connectivity index (χ1v) is 8.16. The molecule has 3 aliphatic rings. The third-order valence-electron chi connectivity index (χ3n) is 5.25. The third kappa shape index (κ3) is 3.57. The molecule has 0 radical (unpaired) electrons. The Labute approximate surface area is 134 Å². The molecule has 0 bridgehead atoms. The molecular formula is C16H23NO6. The zero-order chi connectivity index (χ0) is 16.6. The van der Waals surface area contributed by atoms with E-state index < -0.39 is 24.1 Å². The molecule has 1 saturated carbocycles. The highest BCUT2D eigenvalue weighted by atomic mass is 16.5. The molecule has 7 nitrogen and oxygen atoms in total. The smallest absolute Gasteiger partial charge is 0.331 e. The fourth-order valence-corrected chi connectivity index (χ4v) is 3.85. The van der Waals surface area contributed by atoms with Crippen molar-refractivity contribution in [1.82, 2.24) is 4.90 Å². The van der Waals surface area contributed by atoms with Gasteiger partial charge in [0.25, 0.3) is 0 Å². The lowest BCUT2D eigenvalue weighted by molar-refractivity contribution is -0.156. The highest BCUT2D eigenvalue weighted by molar-refractivity contribution is 5.84. The summed E-state index contributed by atoms with van der Waals surface area (Å²) in [5, 5.41) is 28.7. The second-order valence-corrected chi connectivity index (χ2v) is 6.80. The van der Waals surface area contributed by atoms with Gasteiger partial charge in [0.2, 0.25) is 0 Å². The van der Waals surface area contributed by atoms with Gasteiger partial charge < -0.3 is 20.1 Å². The number of likely N-dealkylation sites (tertiary alicyclic amines) is 1. The Hall–Kier alpha value is -1.44. The van der Waals surface area contributed by atoms with Crippen molar-refractivity contribution in [3.05, 3.63) is 11.6 Å². The minimum atomic E-state index is -0.852. The lowest BCUT2D eigenvalue weighted by atomic mass is 9.77. The minimum Gasteiger partial charge on any atom is -0.481 e. The van der Waals surface area contributed by atoms with E-state index >= 15 is 0 Å². The molecule has 4 atom stereocenters. The standard InChI is InChI=1S/C16H23NO6/c18-12-6-11-10(5-15(20)23-14(11)7-13(12)19)8-17-3-1-9(2-4-17)16(21)22/h5,9,11-14,18-19H,1-4,6-8H2,(H,21,22). The minimum absolute atomic E-state index is 0.0664. The number of carbonyl (C=O) groups is 2. The lowest BCUT2D eigenvalue weighted by Gasteiger charge is -2.41. The van der Waals surface area contributed by atoms with Gasteiger partial charge in [-0.1, -0.05) is 0 Å². The van der Waals surface area contributed by atoms with Gasteiger partial charge in [-0.05, 0) is 37.9 Å². The number of aliphatic carboxylic acids is 1. The van der Waals surface area contributed by atoms with Crippen molar-refractivity contribution in [2.75, 3.05) is 19.6 Å². The van der Waals surface area contributed by atoms with Crippen LogP contribution in [0.15, 0.2) is 11.6 Å². The van der Waals surface area contributed by atoms with Crippen molar-refractivity contribution in [3.63, 3.8) is 0 Å². The molecule has 1 saturated heterocycles. The van der Waals surface area contributed by atoms with E-state index in [4.69, 9.17) is 9.84 Å². The monoisotopic (exact) mass is 325 g/mol. The molecular weight excluding hydrogens is 302 g/mol. The van der Waals surface area contributed by atoms with E-state index in [1.54, 1.807) is 0 Å². The van der Waals surface area contributed by atoms with Crippen LogP contribution < -0.4 is 0 Å². The summed E-state index contributed by atoms with van der Waals surface area (Å²) >= 11 is 0. The first kappa shape index (κ1) is 16.4. The van der Waals surface area contributed by atoms with Crippen molar-refractivity contribution in [2.24, 2.45) is 11.8 Å². The van der Waals surface area contributed by atoms with Crippen LogP contribution in [0.3, 0.4) is 0 Å². The molecule has 128 valence electrons. The fraction of sp³-hybridized carbons (Fsp3) is 0.750. The molecule has 2 fully saturated rings. The SMILES string of the molecule is O=C1C=C(CN2CCC(C(=O)O)CC2)C2CC(O)C(O)CC2O1. The van der Waals surface area contributed by atoms with Crippen LogP contribution in [0.1, 0.15) is 25.7 Å². The van der Waals surface area contributed by atoms with Gasteiger partial charge in [0.15, 0.2) is 0 Å². The van der Waals surface area contributed by atoms with Crippen LogP contribution in [0.25, 0.3) is 0 Å². The van der Waals surface area contributed by atoms with Gasteiger partial charge in [0.1, 0.15) is 6.10 Å². The van der Waals surface area contributed by atoms with Crippen LogP contribution >= 0.6 is 0 Å². The normalized spacial score (nSPS) is 36.1. The summed E-state index contributed by atoms with van der Waals surface area (Å²) < 4.78 is 5.29. The van der Waals surface area contributed by atoms with Crippen LogP contribution in [0.2, 0.25) is 0 Å². The van der Waals surface area contributed by atoms with E-state index in [1.807, 2.05) is 0 Å². The number of carboxylic acids is 1. The number of rotatable bonds is 3. The van der Waals surface area contributed by atoms with Gasteiger partial charge in [0.05, 0.1) is 18.1 Å². The zero-order valence-corrected chi connectivity index (χ0v) is 12.9. The van der Waals surface area contributed by atoms with Gasteiger partial charge >= 0.3 is 11.9 Å². The first-order valence-electron chi connectivity index (χ1n) is 8.16. The van der Waals surface area contributed by atoms with Crippen molar-refractivity contribution in [2.45, 2.75) is 44.0 Å². The number of ether oxygens (including phenoxy) is 1. The van der Waals surface area contributed by atoms with E-state index in [-0.39, 0.29) is 24.4 Å². The first-order chi connectivity index (χ1) is 10.9. The fourth-order valence-electron chi connectivity index (χ4n) is 3.85. The number of carbonyl (C=O) groups excluding carboxylic acids is 1. The van der Waals surface area contributed by atoms with E-state index in [0.29, 0.717) is 38.9 Å². The molecule has 2 heterocycles. The summed E-state index contributed by atoms with van der Waals surface area (Å²) in [6.45, 7) is 1.96. The van der Waals surface area contributed by atoms with Crippen molar-refractivity contribution < 1.29 is 29.6 Å². The molecule has 23 heavy (non-hydrogen) atoms. The Morgan fingerprint density at radius 3 is 2.52 bits per heavy atom. The number of aliphatic hydroxyl groups is 2. The maximum Gasteiger partial charge on any atom is 0.331 e. The van der Waals surface area contributed by atoms with Gasteiger partial charge in [-0.15, -0.1) is 0 Å². The Morgan fingerprint density at radius 1 is 1.22 bits per heavy atom. The average molecular weight is 325 g/mol. The predicted octanol–water partition coefficient (Wildman–Crippen LogP) is -0.233. The number of aliphatic hydroxyl groups excluding tert-OH is 2. The highest BCUT2D eigenvalue weighted by Gasteiger charge is 2.42. The topological polar surface area (TPSA) is 107 Å². The Kier molecular flexibility index (Phi) is 4.70. The summed E-state index contributed by atoms with van der Waals surface area (Å²) in [5.41, 5.74) is 0.922. The molecule has 1 aliphatic carbocycles. The molecule has 2 aliphatic heterocycles. The summed E-state index contributed by atoms with van der Waals surface area (Å²) in [7, 11) is 0. The van der Waals surface area contributed by atoms with E-state index in [0.717, 1.165) is 5.57 Å². The average Bonchev–Trinajstić information content (AvgIpc) is 2.50. The third-order valence-corrected chi connectivity index (χ3v) is 5.25. The van der Waals surface area contributed by atoms with Gasteiger partial charge in [0, 0.05) is 25.0 Å². The summed E-state index contributed by atoms with van der Waals surface area (Å²) in [6.07, 6.45) is 1.34. The van der Waals surface area contributed by atoms with Gasteiger partial charge in [-0.25, -0.2) is 4.79 Å². The molecule has 3 rings (SSSR count). The lowest BCUT2D eigenvalue weighted by Crippen LogP contribution is -2.48. The number of piperidine rings is 1. The van der Waals surface area contributed by atoms with Crippen LogP contribution in [0.4, 0.5) is 0 Å². The van der Waals surface area contributed by atoms with Crippen molar-refractivity contribution in [1.29, 1.82) is 0 Å². The molecule has 3 N–H and O–H groups in total. The highest BCUT2D eigenvalue weighted by Crippen LogP contribution is 2.36. The van der Waals surface area contributed by atoms with E-state index in [2.05, 4.69) is 4.90 Å². The number of esters is 1. The molecule has 7 heteroatoms. The second kappa shape index (κ2) is 6.59. The van der Waals surface area contributed by atoms with E-state index in [1.165, 1.54) is 6.08 Å². The number of hydrogen-bond donors (Lipinski definition) is 3. The predicted molar refractivity (Wildman–Crippen MR) is 79.5 cm³/mol. The Balaban J connectivity index is 1.64. The van der Waals surface area contributed by atoms with Gasteiger partial charge in [-0.3, -0.25) is 9.69 Å². The number of carboxylic acid groups (broad SMARTS) is 1. The molecule has 0 amide bonds. The van der Waals surface area contributed by atoms with Gasteiger partial charge in [-0.2, -0.15) is 0 Å². The Bertz CT molecular complexity index is 511. The summed E-state index contributed by atoms with van der Waals surface area (Å²) in [5.74, 6) is -1.49. The maximum atomic E-state index is 11.8. The maximum absolute atomic E-state index is 11.8. The Morgan fingerprint density at radius 2 is 1.87 bits per heavy atom. The number of nitrogens with zero attached hydrogens (tertiary/aromatic N) is 1. The second-order valence-electron chi connectivity index (χ2n) is 6.80. The molecule has 0 aromatic heterocycles. The van der Waals surface area contributed by atoms with Crippen molar-refractivity contribution >= 4 is 11.9 Å². The molecule has 0 aromatic carbocycles. The molecule has 0 spiro atoms. The number of fused-ring (bicyclic) bond motifs is 1. The largest absolute Gasteiger partial charge is 0.481 e. The number of hydrogen-bond acceptors (Lipinski definition) is 6. The van der Waals surface area contributed by atoms with Crippen LogP contribution in [-0.2, 0) is 14.3 Å². The molecule has 4 unspecified atom stereocenters. The zero-order valence-electron chi connectivity index (χ0n) is 12.9.